The molecule has 0 unspecified atom stereocenters. The summed E-state index contributed by atoms with van der Waals surface area (Å²) in [7, 11) is -4.02. The van der Waals surface area contributed by atoms with E-state index in [1.54, 1.807) is 48.5 Å². The summed E-state index contributed by atoms with van der Waals surface area (Å²) < 4.78 is 32.9. The van der Waals surface area contributed by atoms with E-state index in [0.717, 1.165) is 0 Å². The molecule has 0 spiro atoms. The van der Waals surface area contributed by atoms with E-state index in [2.05, 4.69) is 0 Å². The zero-order chi connectivity index (χ0) is 13.3. The fourth-order valence-corrected chi connectivity index (χ4v) is 2.62. The summed E-state index contributed by atoms with van der Waals surface area (Å²) in [6.07, 6.45) is 0. The molecule has 0 fully saturated rings. The third-order valence-electron chi connectivity index (χ3n) is 2.65. The Morgan fingerprint density at radius 3 is 1.37 bits per heavy atom. The summed E-state index contributed by atoms with van der Waals surface area (Å²) in [5.41, 5.74) is 1.31. The second-order valence-corrected chi connectivity index (χ2v) is 5.12. The molecule has 0 N–H and O–H groups in total. The quantitative estimate of drug-likeness (QED) is 0.845. The van der Waals surface area contributed by atoms with E-state index in [0.29, 0.717) is 11.1 Å². The lowest BCUT2D eigenvalue weighted by atomic mass is 10.1. The molecule has 3 rings (SSSR count). The van der Waals surface area contributed by atoms with E-state index in [1.807, 2.05) is 12.1 Å². The Hall–Kier alpha value is -2.27. The van der Waals surface area contributed by atoms with Crippen LogP contribution in [0.2, 0.25) is 0 Å². The molecule has 1 aliphatic heterocycles. The van der Waals surface area contributed by atoms with E-state index in [9.17, 15) is 8.42 Å². The number of hydrogen-bond acceptors (Lipinski definition) is 4. The van der Waals surface area contributed by atoms with Crippen LogP contribution in [-0.4, -0.2) is 8.42 Å². The molecule has 0 saturated heterocycles. The second-order valence-electron chi connectivity index (χ2n) is 3.97. The van der Waals surface area contributed by atoms with Crippen molar-refractivity contribution in [3.05, 3.63) is 71.8 Å². The van der Waals surface area contributed by atoms with Crippen LogP contribution >= 0.6 is 0 Å². The summed E-state index contributed by atoms with van der Waals surface area (Å²) in [4.78, 5) is 0. The van der Waals surface area contributed by atoms with Crippen molar-refractivity contribution in [2.75, 3.05) is 0 Å². The summed E-state index contributed by atoms with van der Waals surface area (Å²) in [6.45, 7) is 0. The minimum absolute atomic E-state index is 0.215. The average Bonchev–Trinajstić information content (AvgIpc) is 2.77. The summed E-state index contributed by atoms with van der Waals surface area (Å²) in [6, 6.07) is 18.0. The topological polar surface area (TPSA) is 52.6 Å². The fourth-order valence-electron chi connectivity index (χ4n) is 1.83. The van der Waals surface area contributed by atoms with Crippen LogP contribution in [-0.2, 0) is 18.8 Å². The largest absolute Gasteiger partial charge is 0.501 e. The normalized spacial score (nSPS) is 16.8. The number of hydrogen-bond donors (Lipinski definition) is 0. The highest BCUT2D eigenvalue weighted by Gasteiger charge is 2.33. The molecule has 5 heteroatoms. The average molecular weight is 274 g/mol. The maximum absolute atomic E-state index is 11.5. The van der Waals surface area contributed by atoms with Gasteiger partial charge in [-0.15, -0.1) is 8.42 Å². The van der Waals surface area contributed by atoms with E-state index < -0.39 is 10.4 Å². The van der Waals surface area contributed by atoms with Crippen molar-refractivity contribution in [2.45, 2.75) is 0 Å². The molecular formula is C14H10O4S. The molecule has 0 bridgehead atoms. The van der Waals surface area contributed by atoms with Gasteiger partial charge in [0.25, 0.3) is 0 Å². The Kier molecular flexibility index (Phi) is 2.76. The van der Waals surface area contributed by atoms with Crippen molar-refractivity contribution in [1.82, 2.24) is 0 Å². The first-order valence-electron chi connectivity index (χ1n) is 5.65. The molecule has 0 saturated carbocycles. The first kappa shape index (κ1) is 11.8. The molecule has 0 aromatic heterocycles. The highest BCUT2D eigenvalue weighted by atomic mass is 32.3. The van der Waals surface area contributed by atoms with Crippen LogP contribution in [0.3, 0.4) is 0 Å². The van der Waals surface area contributed by atoms with Gasteiger partial charge < -0.3 is 8.37 Å². The SMILES string of the molecule is O=S1(=O)OC(c2ccccc2)=C(c2ccccc2)O1. The van der Waals surface area contributed by atoms with E-state index in [4.69, 9.17) is 8.37 Å². The van der Waals surface area contributed by atoms with E-state index in [-0.39, 0.29) is 11.5 Å². The van der Waals surface area contributed by atoms with Crippen LogP contribution in [0.1, 0.15) is 11.1 Å². The van der Waals surface area contributed by atoms with Crippen LogP contribution in [0.5, 0.6) is 0 Å². The van der Waals surface area contributed by atoms with Crippen molar-refractivity contribution in [3.8, 4) is 0 Å². The van der Waals surface area contributed by atoms with Gasteiger partial charge in [0, 0.05) is 11.1 Å². The molecular weight excluding hydrogens is 264 g/mol. The number of rotatable bonds is 2. The molecule has 2 aromatic rings. The Labute approximate surface area is 111 Å². The van der Waals surface area contributed by atoms with Crippen molar-refractivity contribution < 1.29 is 16.8 Å². The van der Waals surface area contributed by atoms with Gasteiger partial charge >= 0.3 is 10.4 Å². The van der Waals surface area contributed by atoms with Gasteiger partial charge in [0.1, 0.15) is 0 Å². The van der Waals surface area contributed by atoms with Gasteiger partial charge in [-0.3, -0.25) is 0 Å². The summed E-state index contributed by atoms with van der Waals surface area (Å²) in [5, 5.41) is 0. The highest BCUT2D eigenvalue weighted by Crippen LogP contribution is 2.37. The predicted molar refractivity (Wildman–Crippen MR) is 70.8 cm³/mol. The summed E-state index contributed by atoms with van der Waals surface area (Å²) in [5.74, 6) is 0.429. The molecule has 0 radical (unpaired) electrons. The Morgan fingerprint density at radius 1 is 0.632 bits per heavy atom. The molecule has 96 valence electrons. The maximum Gasteiger partial charge on any atom is 0.501 e. The third kappa shape index (κ3) is 2.32. The third-order valence-corrected chi connectivity index (χ3v) is 3.39. The Morgan fingerprint density at radius 2 is 1.00 bits per heavy atom. The highest BCUT2D eigenvalue weighted by molar-refractivity contribution is 7.82. The molecule has 1 heterocycles. The van der Waals surface area contributed by atoms with E-state index in [1.165, 1.54) is 0 Å². The lowest BCUT2D eigenvalue weighted by molar-refractivity contribution is 0.394. The smallest absolute Gasteiger partial charge is 0.348 e. The van der Waals surface area contributed by atoms with Crippen molar-refractivity contribution in [1.29, 1.82) is 0 Å². The molecule has 0 atom stereocenters. The molecule has 0 amide bonds. The summed E-state index contributed by atoms with van der Waals surface area (Å²) >= 11 is 0. The van der Waals surface area contributed by atoms with Gasteiger partial charge in [-0.25, -0.2) is 0 Å². The van der Waals surface area contributed by atoms with E-state index >= 15 is 0 Å². The van der Waals surface area contributed by atoms with Crippen molar-refractivity contribution in [3.63, 3.8) is 0 Å². The van der Waals surface area contributed by atoms with Crippen LogP contribution < -0.4 is 0 Å². The lowest BCUT2D eigenvalue weighted by Gasteiger charge is -2.01. The minimum Gasteiger partial charge on any atom is -0.348 e. The van der Waals surface area contributed by atoms with Crippen LogP contribution in [0.4, 0.5) is 0 Å². The minimum atomic E-state index is -4.02. The second kappa shape index (κ2) is 4.44. The fraction of sp³-hybridized carbons (Fsp3) is 0. The molecule has 2 aromatic carbocycles. The Bertz CT molecular complexity index is 661. The van der Waals surface area contributed by atoms with Gasteiger partial charge in [0.2, 0.25) is 0 Å². The van der Waals surface area contributed by atoms with Gasteiger partial charge in [-0.1, -0.05) is 60.7 Å². The Balaban J connectivity index is 2.16. The zero-order valence-corrected chi connectivity index (χ0v) is 10.6. The monoisotopic (exact) mass is 274 g/mol. The van der Waals surface area contributed by atoms with Gasteiger partial charge in [0.05, 0.1) is 0 Å². The molecule has 4 nitrogen and oxygen atoms in total. The van der Waals surface area contributed by atoms with Gasteiger partial charge in [-0.05, 0) is 0 Å². The number of benzene rings is 2. The first-order valence-corrected chi connectivity index (χ1v) is 6.98. The first-order chi connectivity index (χ1) is 9.16. The van der Waals surface area contributed by atoms with Crippen LogP contribution in [0, 0.1) is 0 Å². The van der Waals surface area contributed by atoms with Crippen molar-refractivity contribution >= 4 is 21.9 Å². The van der Waals surface area contributed by atoms with Crippen LogP contribution in [0.25, 0.3) is 11.5 Å². The van der Waals surface area contributed by atoms with Gasteiger partial charge in [-0.2, -0.15) is 0 Å². The predicted octanol–water partition coefficient (Wildman–Crippen LogP) is 2.80. The molecule has 0 aliphatic carbocycles. The molecule has 1 aliphatic rings. The van der Waals surface area contributed by atoms with Crippen molar-refractivity contribution in [2.24, 2.45) is 0 Å². The zero-order valence-electron chi connectivity index (χ0n) is 9.81. The maximum atomic E-state index is 11.5. The van der Waals surface area contributed by atoms with Gasteiger partial charge in [0.15, 0.2) is 11.5 Å². The lowest BCUT2D eigenvalue weighted by Crippen LogP contribution is -1.98. The standard InChI is InChI=1S/C14H10O4S/c15-19(16)17-13(11-7-3-1-4-8-11)14(18-19)12-9-5-2-6-10-12/h1-10H. The van der Waals surface area contributed by atoms with Crippen LogP contribution in [0.15, 0.2) is 60.7 Å². The molecule has 19 heavy (non-hydrogen) atoms.